The largest absolute Gasteiger partial charge is 0.370 e. The number of fused-ring (bicyclic) bond motifs is 2. The van der Waals surface area contributed by atoms with Crippen LogP contribution in [-0.2, 0) is 0 Å². The smallest absolute Gasteiger partial charge is 0.293 e. The van der Waals surface area contributed by atoms with Crippen molar-refractivity contribution in [3.8, 4) is 0 Å². The lowest BCUT2D eigenvalue weighted by atomic mass is 9.90. The highest BCUT2D eigenvalue weighted by Crippen LogP contribution is 2.28. The number of anilines is 2. The minimum Gasteiger partial charge on any atom is -0.370 e. The summed E-state index contributed by atoms with van der Waals surface area (Å²) in [5, 5.41) is 8.24. The van der Waals surface area contributed by atoms with Crippen molar-refractivity contribution < 1.29 is 4.79 Å². The predicted molar refractivity (Wildman–Crippen MR) is 139 cm³/mol. The molecule has 2 aromatic heterocycles. The lowest BCUT2D eigenvalue weighted by Gasteiger charge is -2.30. The fourth-order valence-corrected chi connectivity index (χ4v) is 4.60. The van der Waals surface area contributed by atoms with E-state index < -0.39 is 0 Å². The van der Waals surface area contributed by atoms with Crippen LogP contribution in [0.25, 0.3) is 21.8 Å². The summed E-state index contributed by atoms with van der Waals surface area (Å²) < 4.78 is 0. The zero-order valence-electron chi connectivity index (χ0n) is 19.5. The predicted octanol–water partition coefficient (Wildman–Crippen LogP) is 3.74. The summed E-state index contributed by atoms with van der Waals surface area (Å²) in [5.41, 5.74) is 14.6. The fourth-order valence-electron chi connectivity index (χ4n) is 4.60. The van der Waals surface area contributed by atoms with Crippen LogP contribution in [0.3, 0.4) is 0 Å². The topological polar surface area (TPSA) is 144 Å². The van der Waals surface area contributed by atoms with Crippen LogP contribution in [0.15, 0.2) is 59.7 Å². The van der Waals surface area contributed by atoms with Crippen LogP contribution in [0.4, 0.5) is 11.5 Å². The molecule has 9 heteroatoms. The number of amides is 1. The molecule has 0 bridgehead atoms. The van der Waals surface area contributed by atoms with Gasteiger partial charge in [0.2, 0.25) is 5.82 Å². The van der Waals surface area contributed by atoms with Gasteiger partial charge >= 0.3 is 0 Å². The van der Waals surface area contributed by atoms with Gasteiger partial charge in [0.1, 0.15) is 5.82 Å². The number of hydrogen-bond acceptors (Lipinski definition) is 6. The van der Waals surface area contributed by atoms with Crippen molar-refractivity contribution in [3.63, 3.8) is 0 Å². The quantitative estimate of drug-likeness (QED) is 0.258. The molecule has 1 aliphatic carbocycles. The normalized spacial score (nSPS) is 17.7. The highest BCUT2D eigenvalue weighted by atomic mass is 16.2. The number of carbonyl (C=O) groups excluding carboxylic acids is 1. The van der Waals surface area contributed by atoms with E-state index in [2.05, 4.69) is 30.6 Å². The first kappa shape index (κ1) is 22.5. The van der Waals surface area contributed by atoms with Crippen LogP contribution in [0.5, 0.6) is 0 Å². The average Bonchev–Trinajstić information content (AvgIpc) is 2.85. The van der Waals surface area contributed by atoms with Gasteiger partial charge in [-0.25, -0.2) is 15.0 Å². The molecule has 35 heavy (non-hydrogen) atoms. The molecule has 2 aromatic carbocycles. The number of guanidine groups is 1. The second-order valence-electron chi connectivity index (χ2n) is 8.94. The minimum absolute atomic E-state index is 0.00774. The number of pyridine rings is 1. The molecule has 1 amide bonds. The number of nitrogens with two attached hydrogens (primary N) is 2. The molecule has 9 nitrogen and oxygen atoms in total. The first-order valence-electron chi connectivity index (χ1n) is 11.8. The van der Waals surface area contributed by atoms with Crippen LogP contribution < -0.4 is 22.1 Å². The van der Waals surface area contributed by atoms with Gasteiger partial charge in [0.25, 0.3) is 5.91 Å². The van der Waals surface area contributed by atoms with Gasteiger partial charge in [0.05, 0.1) is 23.1 Å². The van der Waals surface area contributed by atoms with E-state index >= 15 is 0 Å². The summed E-state index contributed by atoms with van der Waals surface area (Å²) in [6.07, 6.45) is 5.68. The molecule has 2 atom stereocenters. The van der Waals surface area contributed by atoms with Gasteiger partial charge < -0.3 is 22.1 Å². The number of aryl methyl sites for hydroxylation is 1. The molecule has 5 rings (SSSR count). The van der Waals surface area contributed by atoms with E-state index in [9.17, 15) is 4.79 Å². The Morgan fingerprint density at radius 1 is 1.03 bits per heavy atom. The summed E-state index contributed by atoms with van der Waals surface area (Å²) >= 11 is 0. The number of carbonyl (C=O) groups is 1. The van der Waals surface area contributed by atoms with Crippen LogP contribution in [-0.4, -0.2) is 38.9 Å². The van der Waals surface area contributed by atoms with Gasteiger partial charge in [-0.1, -0.05) is 30.5 Å². The number of nitrogens with one attached hydrogen (secondary N) is 2. The van der Waals surface area contributed by atoms with Crippen molar-refractivity contribution in [1.82, 2.24) is 15.0 Å². The Kier molecular flexibility index (Phi) is 6.13. The van der Waals surface area contributed by atoms with Gasteiger partial charge in [-0.15, -0.1) is 0 Å². The summed E-state index contributed by atoms with van der Waals surface area (Å²) in [6.45, 7) is 2.02. The fraction of sp³-hybridized carbons (Fsp3) is 0.269. The maximum atomic E-state index is 13.2. The van der Waals surface area contributed by atoms with Crippen LogP contribution in [0, 0.1) is 6.92 Å². The number of benzene rings is 2. The van der Waals surface area contributed by atoms with E-state index in [-0.39, 0.29) is 29.8 Å². The maximum Gasteiger partial charge on any atom is 0.293 e. The molecule has 2 unspecified atom stereocenters. The first-order valence-corrected chi connectivity index (χ1v) is 11.8. The van der Waals surface area contributed by atoms with Crippen molar-refractivity contribution in [3.05, 3.63) is 66.1 Å². The van der Waals surface area contributed by atoms with Gasteiger partial charge in [0.15, 0.2) is 5.96 Å². The Labute approximate surface area is 203 Å². The zero-order valence-corrected chi connectivity index (χ0v) is 19.5. The summed E-state index contributed by atoms with van der Waals surface area (Å²) in [4.78, 5) is 31.1. The Hall–Kier alpha value is -4.27. The third-order valence-electron chi connectivity index (χ3n) is 6.28. The van der Waals surface area contributed by atoms with Crippen molar-refractivity contribution in [2.75, 3.05) is 10.6 Å². The average molecular weight is 469 g/mol. The molecule has 4 aromatic rings. The minimum atomic E-state index is -0.386. The number of rotatable bonds is 5. The van der Waals surface area contributed by atoms with Crippen LogP contribution >= 0.6 is 0 Å². The lowest BCUT2D eigenvalue weighted by Crippen LogP contribution is -2.38. The van der Waals surface area contributed by atoms with Gasteiger partial charge in [-0.05, 0) is 56.2 Å². The molecule has 1 saturated carbocycles. The molecule has 0 spiro atoms. The van der Waals surface area contributed by atoms with Crippen molar-refractivity contribution in [2.24, 2.45) is 16.5 Å². The second-order valence-corrected chi connectivity index (χ2v) is 8.94. The highest BCUT2D eigenvalue weighted by molar-refractivity contribution is 6.04. The molecule has 178 valence electrons. The van der Waals surface area contributed by atoms with Gasteiger partial charge in [-0.2, -0.15) is 0 Å². The first-order chi connectivity index (χ1) is 17.0. The Morgan fingerprint density at radius 2 is 1.86 bits per heavy atom. The van der Waals surface area contributed by atoms with Gasteiger partial charge in [-0.3, -0.25) is 9.78 Å². The molecular weight excluding hydrogens is 440 g/mol. The summed E-state index contributed by atoms with van der Waals surface area (Å²) in [7, 11) is 0. The third-order valence-corrected chi connectivity index (χ3v) is 6.28. The lowest BCUT2D eigenvalue weighted by molar-refractivity contribution is 0.101. The standard InChI is InChI=1S/C26H28N8O/c1-15-8-10-20-18(13-15)23(32-21-6-2-3-7-22(21)33-26(27)28)34-24(31-20)25(35)30-17-9-11-19-16(14-17)5-4-12-29-19/h4-5,8-14,21-22H,2-3,6-7H2,1H3,(H,30,35)(H4,27,28,33)(H,31,32,34). The zero-order chi connectivity index (χ0) is 24.4. The van der Waals surface area contributed by atoms with Crippen LogP contribution in [0.1, 0.15) is 41.9 Å². The van der Waals surface area contributed by atoms with Crippen molar-refractivity contribution >= 4 is 45.2 Å². The van der Waals surface area contributed by atoms with Crippen molar-refractivity contribution in [2.45, 2.75) is 44.7 Å². The molecule has 0 saturated heterocycles. The van der Waals surface area contributed by atoms with Crippen molar-refractivity contribution in [1.29, 1.82) is 0 Å². The number of hydrogen-bond donors (Lipinski definition) is 4. The molecule has 1 aliphatic rings. The highest BCUT2D eigenvalue weighted by Gasteiger charge is 2.26. The molecule has 0 aliphatic heterocycles. The molecule has 2 heterocycles. The molecular formula is C26H28N8O. The SMILES string of the molecule is Cc1ccc2nc(C(=O)Nc3ccc4ncccc4c3)nc(NC3CCCCC3N=C(N)N)c2c1. The van der Waals surface area contributed by atoms with Gasteiger partial charge in [0, 0.05) is 22.7 Å². The summed E-state index contributed by atoms with van der Waals surface area (Å²) in [6, 6.07) is 15.2. The summed E-state index contributed by atoms with van der Waals surface area (Å²) in [5.74, 6) is 0.388. The number of aliphatic imine (C=N–C) groups is 1. The Bertz CT molecular complexity index is 1430. The third kappa shape index (κ3) is 4.98. The van der Waals surface area contributed by atoms with E-state index in [1.807, 2.05) is 55.5 Å². The molecule has 6 N–H and O–H groups in total. The molecule has 1 fully saturated rings. The van der Waals surface area contributed by atoms with E-state index in [0.717, 1.165) is 47.5 Å². The van der Waals surface area contributed by atoms with E-state index in [4.69, 9.17) is 11.5 Å². The number of nitrogens with zero attached hydrogens (tertiary/aromatic N) is 4. The second kappa shape index (κ2) is 9.54. The monoisotopic (exact) mass is 468 g/mol. The van der Waals surface area contributed by atoms with E-state index in [0.29, 0.717) is 17.0 Å². The maximum absolute atomic E-state index is 13.2. The molecule has 0 radical (unpaired) electrons. The van der Waals surface area contributed by atoms with E-state index in [1.54, 1.807) is 6.20 Å². The Balaban J connectivity index is 1.48. The number of aromatic nitrogens is 3. The van der Waals surface area contributed by atoms with E-state index in [1.165, 1.54) is 0 Å². The van der Waals surface area contributed by atoms with Crippen LogP contribution in [0.2, 0.25) is 0 Å². The Morgan fingerprint density at radius 3 is 2.71 bits per heavy atom.